The zero-order valence-electron chi connectivity index (χ0n) is 15.3. The highest BCUT2D eigenvalue weighted by Gasteiger charge is 2.20. The molecule has 1 N–H and O–H groups in total. The van der Waals surface area contributed by atoms with Crippen molar-refractivity contribution in [1.29, 1.82) is 0 Å². The molecule has 138 valence electrons. The van der Waals surface area contributed by atoms with Crippen molar-refractivity contribution in [1.82, 2.24) is 15.1 Å². The Balaban J connectivity index is 1.38. The van der Waals surface area contributed by atoms with E-state index in [9.17, 15) is 4.79 Å². The maximum Gasteiger partial charge on any atom is 0.234 e. The van der Waals surface area contributed by atoms with E-state index in [0.717, 1.165) is 57.2 Å². The molecule has 6 nitrogen and oxygen atoms in total. The minimum absolute atomic E-state index is 0.143. The number of piperazine rings is 1. The molecule has 0 bridgehead atoms. The minimum Gasteiger partial charge on any atom is -0.454 e. The lowest BCUT2D eigenvalue weighted by Gasteiger charge is -2.34. The van der Waals surface area contributed by atoms with Crippen LogP contribution in [0.4, 0.5) is 0 Å². The van der Waals surface area contributed by atoms with Crippen molar-refractivity contribution in [2.75, 3.05) is 46.1 Å². The molecule has 1 aromatic carbocycles. The topological polar surface area (TPSA) is 54.0 Å². The van der Waals surface area contributed by atoms with Gasteiger partial charge in [0.25, 0.3) is 0 Å². The third kappa shape index (κ3) is 5.34. The summed E-state index contributed by atoms with van der Waals surface area (Å²) in [5.41, 5.74) is 1.24. The number of nitrogens with zero attached hydrogens (tertiary/aromatic N) is 2. The van der Waals surface area contributed by atoms with Crippen molar-refractivity contribution in [3.8, 4) is 11.5 Å². The van der Waals surface area contributed by atoms with E-state index in [2.05, 4.69) is 41.1 Å². The van der Waals surface area contributed by atoms with Gasteiger partial charge in [-0.15, -0.1) is 0 Å². The van der Waals surface area contributed by atoms with Crippen LogP contribution in [0.25, 0.3) is 0 Å². The molecule has 2 aliphatic rings. The van der Waals surface area contributed by atoms with Gasteiger partial charge in [-0.3, -0.25) is 14.6 Å². The number of carbonyl (C=O) groups is 1. The van der Waals surface area contributed by atoms with Crippen LogP contribution in [0.2, 0.25) is 0 Å². The molecule has 6 heteroatoms. The highest BCUT2D eigenvalue weighted by atomic mass is 16.7. The molecule has 2 aliphatic heterocycles. The first-order valence-electron chi connectivity index (χ1n) is 9.20. The molecule has 2 heterocycles. The van der Waals surface area contributed by atoms with Gasteiger partial charge in [0, 0.05) is 39.3 Å². The van der Waals surface area contributed by atoms with Gasteiger partial charge in [0.1, 0.15) is 0 Å². The number of nitrogens with one attached hydrogen (secondary N) is 1. The van der Waals surface area contributed by atoms with Crippen LogP contribution in [0, 0.1) is 5.92 Å². The smallest absolute Gasteiger partial charge is 0.234 e. The molecule has 0 spiro atoms. The molecule has 0 atom stereocenters. The van der Waals surface area contributed by atoms with E-state index in [0.29, 0.717) is 19.3 Å². The summed E-state index contributed by atoms with van der Waals surface area (Å²) in [6.45, 7) is 10.7. The Labute approximate surface area is 150 Å². The van der Waals surface area contributed by atoms with Gasteiger partial charge >= 0.3 is 0 Å². The van der Waals surface area contributed by atoms with Crippen molar-refractivity contribution in [2.24, 2.45) is 5.92 Å². The van der Waals surface area contributed by atoms with Gasteiger partial charge < -0.3 is 14.8 Å². The zero-order chi connectivity index (χ0) is 17.6. The lowest BCUT2D eigenvalue weighted by atomic mass is 10.1. The van der Waals surface area contributed by atoms with Crippen molar-refractivity contribution in [3.05, 3.63) is 23.8 Å². The van der Waals surface area contributed by atoms with Crippen LogP contribution in [-0.4, -0.2) is 61.8 Å². The van der Waals surface area contributed by atoms with Crippen LogP contribution >= 0.6 is 0 Å². The highest BCUT2D eigenvalue weighted by Crippen LogP contribution is 2.32. The number of ether oxygens (including phenoxy) is 2. The first-order chi connectivity index (χ1) is 12.1. The van der Waals surface area contributed by atoms with E-state index in [1.165, 1.54) is 5.56 Å². The second-order valence-corrected chi connectivity index (χ2v) is 7.27. The molecule has 3 rings (SSSR count). The Hall–Kier alpha value is -1.79. The van der Waals surface area contributed by atoms with Gasteiger partial charge in [0.05, 0.1) is 6.54 Å². The molecular formula is C19H29N3O3. The standard InChI is InChI=1S/C19H29N3O3/c1-15(2)5-6-20-19(23)13-22-9-7-21(8-10-22)12-16-3-4-17-18(11-16)25-14-24-17/h3-4,11,15H,5-10,12-14H2,1-2H3,(H,20,23). The third-order valence-electron chi connectivity index (χ3n) is 4.72. The lowest BCUT2D eigenvalue weighted by molar-refractivity contribution is -0.122. The van der Waals surface area contributed by atoms with Gasteiger partial charge in [0.2, 0.25) is 12.7 Å². The van der Waals surface area contributed by atoms with Gasteiger partial charge in [-0.1, -0.05) is 19.9 Å². The molecular weight excluding hydrogens is 318 g/mol. The average molecular weight is 347 g/mol. The van der Waals surface area contributed by atoms with Crippen LogP contribution in [-0.2, 0) is 11.3 Å². The number of hydrogen-bond acceptors (Lipinski definition) is 5. The van der Waals surface area contributed by atoms with Crippen molar-refractivity contribution in [3.63, 3.8) is 0 Å². The molecule has 25 heavy (non-hydrogen) atoms. The minimum atomic E-state index is 0.143. The second kappa shape index (κ2) is 8.54. The fourth-order valence-electron chi connectivity index (χ4n) is 3.16. The summed E-state index contributed by atoms with van der Waals surface area (Å²) in [5.74, 6) is 2.44. The van der Waals surface area contributed by atoms with E-state index in [1.807, 2.05) is 6.07 Å². The molecule has 1 saturated heterocycles. The summed E-state index contributed by atoms with van der Waals surface area (Å²) in [6.07, 6.45) is 1.04. The summed E-state index contributed by atoms with van der Waals surface area (Å²) in [7, 11) is 0. The van der Waals surface area contributed by atoms with Crippen LogP contribution in [0.3, 0.4) is 0 Å². The van der Waals surface area contributed by atoms with Gasteiger partial charge in [0.15, 0.2) is 11.5 Å². The van der Waals surface area contributed by atoms with Crippen LogP contribution in [0.5, 0.6) is 11.5 Å². The van der Waals surface area contributed by atoms with E-state index in [4.69, 9.17) is 9.47 Å². The van der Waals surface area contributed by atoms with Gasteiger partial charge in [-0.2, -0.15) is 0 Å². The fraction of sp³-hybridized carbons (Fsp3) is 0.632. The SMILES string of the molecule is CC(C)CCNC(=O)CN1CCN(Cc2ccc3c(c2)OCO3)CC1. The number of carbonyl (C=O) groups excluding carboxylic acids is 1. The quantitative estimate of drug-likeness (QED) is 0.814. The van der Waals surface area contributed by atoms with E-state index in [1.54, 1.807) is 0 Å². The Kier molecular flexibility index (Phi) is 6.15. The Morgan fingerprint density at radius 1 is 1.12 bits per heavy atom. The Morgan fingerprint density at radius 3 is 2.60 bits per heavy atom. The number of benzene rings is 1. The molecule has 1 amide bonds. The first kappa shape index (κ1) is 18.0. The van der Waals surface area contributed by atoms with Gasteiger partial charge in [-0.25, -0.2) is 0 Å². The second-order valence-electron chi connectivity index (χ2n) is 7.27. The highest BCUT2D eigenvalue weighted by molar-refractivity contribution is 5.77. The molecule has 0 aromatic heterocycles. The number of amides is 1. The summed E-state index contributed by atoms with van der Waals surface area (Å²) >= 11 is 0. The van der Waals surface area contributed by atoms with Crippen molar-refractivity contribution >= 4 is 5.91 Å². The predicted molar refractivity (Wildman–Crippen MR) is 96.7 cm³/mol. The molecule has 0 aliphatic carbocycles. The van der Waals surface area contributed by atoms with E-state index < -0.39 is 0 Å². The fourth-order valence-corrected chi connectivity index (χ4v) is 3.16. The van der Waals surface area contributed by atoms with Crippen molar-refractivity contribution < 1.29 is 14.3 Å². The molecule has 0 unspecified atom stereocenters. The van der Waals surface area contributed by atoms with E-state index >= 15 is 0 Å². The molecule has 0 radical (unpaired) electrons. The summed E-state index contributed by atoms with van der Waals surface area (Å²) in [6, 6.07) is 6.15. The largest absolute Gasteiger partial charge is 0.454 e. The van der Waals surface area contributed by atoms with Crippen LogP contribution in [0.15, 0.2) is 18.2 Å². The van der Waals surface area contributed by atoms with Crippen LogP contribution < -0.4 is 14.8 Å². The van der Waals surface area contributed by atoms with Crippen LogP contribution in [0.1, 0.15) is 25.8 Å². The predicted octanol–water partition coefficient (Wildman–Crippen LogP) is 1.70. The number of fused-ring (bicyclic) bond motifs is 1. The third-order valence-corrected chi connectivity index (χ3v) is 4.72. The maximum atomic E-state index is 12.0. The monoisotopic (exact) mass is 347 g/mol. The van der Waals surface area contributed by atoms with Gasteiger partial charge in [-0.05, 0) is 30.0 Å². The van der Waals surface area contributed by atoms with E-state index in [-0.39, 0.29) is 5.91 Å². The zero-order valence-corrected chi connectivity index (χ0v) is 15.3. The number of rotatable bonds is 7. The normalized spacial score (nSPS) is 17.9. The molecule has 0 saturated carbocycles. The molecule has 1 aromatic rings. The number of hydrogen-bond donors (Lipinski definition) is 1. The summed E-state index contributed by atoms with van der Waals surface area (Å²) < 4.78 is 10.8. The maximum absolute atomic E-state index is 12.0. The Bertz CT molecular complexity index is 583. The Morgan fingerprint density at radius 2 is 1.84 bits per heavy atom. The molecule has 1 fully saturated rings. The summed E-state index contributed by atoms with van der Waals surface area (Å²) in [4.78, 5) is 16.6. The van der Waals surface area contributed by atoms with Crippen molar-refractivity contribution in [2.45, 2.75) is 26.8 Å². The lowest BCUT2D eigenvalue weighted by Crippen LogP contribution is -2.49. The first-order valence-corrected chi connectivity index (χ1v) is 9.20. The summed E-state index contributed by atoms with van der Waals surface area (Å²) in [5, 5.41) is 3.02. The average Bonchev–Trinajstić information content (AvgIpc) is 3.04.